The molecule has 0 aliphatic heterocycles. The molecule has 0 aliphatic carbocycles. The van der Waals surface area contributed by atoms with Crippen molar-refractivity contribution in [3.63, 3.8) is 0 Å². The van der Waals surface area contributed by atoms with E-state index in [2.05, 4.69) is 0 Å². The van der Waals surface area contributed by atoms with E-state index in [0.717, 1.165) is 0 Å². The monoisotopic (exact) mass is 202 g/mol. The van der Waals surface area contributed by atoms with Crippen LogP contribution in [0.3, 0.4) is 0 Å². The van der Waals surface area contributed by atoms with E-state index >= 15 is 0 Å². The Hall–Kier alpha value is 1.10. The molecule has 0 spiro atoms. The van der Waals surface area contributed by atoms with Gasteiger partial charge < -0.3 is 20.7 Å². The van der Waals surface area contributed by atoms with Crippen molar-refractivity contribution >= 4 is 9.53 Å². The fourth-order valence-electron chi connectivity index (χ4n) is 0.553. The molecule has 0 radical (unpaired) electrons. The predicted molar refractivity (Wildman–Crippen MR) is 48.4 cm³/mol. The van der Waals surface area contributed by atoms with Gasteiger partial charge in [0.2, 0.25) is 0 Å². The average molecular weight is 202 g/mol. The van der Waals surface area contributed by atoms with E-state index < -0.39 is 9.53 Å². The Morgan fingerprint density at radius 2 is 1.08 bits per heavy atom. The molecule has 0 N–H and O–H groups in total. The molecule has 12 heavy (non-hydrogen) atoms. The van der Waals surface area contributed by atoms with Crippen LogP contribution in [0.5, 0.6) is 0 Å². The Bertz CT molecular complexity index is 61.4. The molecule has 0 aromatic rings. The van der Waals surface area contributed by atoms with E-state index in [-0.39, 0.29) is 37.0 Å². The van der Waals surface area contributed by atoms with Crippen LogP contribution in [0.25, 0.3) is 0 Å². The minimum atomic E-state index is -1.73. The maximum Gasteiger partial charge on any atom is 1.00 e. The maximum absolute atomic E-state index is 5.22. The number of rotatable bonds is 6. The summed E-state index contributed by atoms with van der Waals surface area (Å²) in [7, 11) is -1.73. The largest absolute Gasteiger partial charge is 1.00 e. The number of hydrogen-bond donors (Lipinski definition) is 0. The molecule has 0 unspecified atom stereocenters. The Labute approximate surface area is 100 Å². The van der Waals surface area contributed by atoms with Gasteiger partial charge >= 0.3 is 39.1 Å². The summed E-state index contributed by atoms with van der Waals surface area (Å²) in [5, 5.41) is 0. The van der Waals surface area contributed by atoms with Crippen LogP contribution >= 0.6 is 0 Å². The predicted octanol–water partition coefficient (Wildman–Crippen LogP) is -1.73. The van der Waals surface area contributed by atoms with E-state index in [1.54, 1.807) is 0 Å². The van der Waals surface area contributed by atoms with Crippen LogP contribution < -0.4 is 29.6 Å². The van der Waals surface area contributed by atoms with Gasteiger partial charge in [0.15, 0.2) is 0 Å². The summed E-state index contributed by atoms with van der Waals surface area (Å²) in [6.45, 7) is 7.86. The van der Waals surface area contributed by atoms with Crippen molar-refractivity contribution in [3.8, 4) is 0 Å². The molecule has 0 saturated carbocycles. The molecule has 0 saturated heterocycles. The summed E-state index contributed by atoms with van der Waals surface area (Å²) < 4.78 is 15.7. The molecule has 0 heterocycles. The van der Waals surface area contributed by atoms with Gasteiger partial charge in [-0.25, -0.2) is 0 Å². The zero-order chi connectivity index (χ0) is 7.82. The summed E-state index contributed by atoms with van der Waals surface area (Å²) >= 11 is 0. The Morgan fingerprint density at radius 3 is 1.25 bits per heavy atom. The molecule has 0 amide bonds. The second-order valence-corrected chi connectivity index (χ2v) is 3.23. The molecular formula is C7H19NaO3Si. The van der Waals surface area contributed by atoms with Gasteiger partial charge in [-0.05, 0) is 20.8 Å². The quantitative estimate of drug-likeness (QED) is 0.378. The van der Waals surface area contributed by atoms with Gasteiger partial charge in [-0.2, -0.15) is 0 Å². The molecule has 0 atom stereocenters. The minimum Gasteiger partial charge on any atom is -0.376 e. The van der Waals surface area contributed by atoms with E-state index in [0.29, 0.717) is 19.8 Å². The summed E-state index contributed by atoms with van der Waals surface area (Å²) in [5.74, 6) is 0. The van der Waals surface area contributed by atoms with E-state index in [1.165, 1.54) is 0 Å². The average Bonchev–Trinajstić information content (AvgIpc) is 1.90. The Kier molecular flexibility index (Phi) is 22.9. The first-order valence-electron chi connectivity index (χ1n) is 3.69. The van der Waals surface area contributed by atoms with Crippen molar-refractivity contribution in [2.24, 2.45) is 0 Å². The second kappa shape index (κ2) is 14.6. The third-order valence-electron chi connectivity index (χ3n) is 0.908. The molecule has 0 aromatic heterocycles. The van der Waals surface area contributed by atoms with Gasteiger partial charge in [-0.3, -0.25) is 0 Å². The minimum absolute atomic E-state index is 0. The van der Waals surface area contributed by atoms with Gasteiger partial charge in [0.25, 0.3) is 0 Å². The summed E-state index contributed by atoms with van der Waals surface area (Å²) in [6.07, 6.45) is 0. The fourth-order valence-corrected chi connectivity index (χ4v) is 1.66. The van der Waals surface area contributed by atoms with Crippen molar-refractivity contribution in [3.05, 3.63) is 7.43 Å². The van der Waals surface area contributed by atoms with Crippen molar-refractivity contribution in [2.45, 2.75) is 20.8 Å². The SMILES string of the molecule is CCO[SiH](OCC)OCC.[CH3-].[Na+]. The topological polar surface area (TPSA) is 27.7 Å². The van der Waals surface area contributed by atoms with Crippen molar-refractivity contribution in [1.82, 2.24) is 0 Å². The van der Waals surface area contributed by atoms with Gasteiger partial charge in [0.05, 0.1) is 0 Å². The maximum atomic E-state index is 5.22. The molecule has 0 bridgehead atoms. The molecule has 5 heteroatoms. The van der Waals surface area contributed by atoms with Crippen LogP contribution in [0.1, 0.15) is 20.8 Å². The third-order valence-corrected chi connectivity index (χ3v) is 2.72. The van der Waals surface area contributed by atoms with Crippen LogP contribution in [0.2, 0.25) is 0 Å². The van der Waals surface area contributed by atoms with Crippen molar-refractivity contribution < 1.29 is 42.8 Å². The molecular weight excluding hydrogens is 183 g/mol. The van der Waals surface area contributed by atoms with Crippen LogP contribution in [0.4, 0.5) is 0 Å². The first-order chi connectivity index (χ1) is 4.85. The molecule has 70 valence electrons. The van der Waals surface area contributed by atoms with Crippen molar-refractivity contribution in [1.29, 1.82) is 0 Å². The molecule has 3 nitrogen and oxygen atoms in total. The second-order valence-electron chi connectivity index (χ2n) is 1.65. The zero-order valence-corrected chi connectivity index (χ0v) is 12.1. The van der Waals surface area contributed by atoms with Crippen molar-refractivity contribution in [2.75, 3.05) is 19.8 Å². The Balaban J connectivity index is -0.000000405. The van der Waals surface area contributed by atoms with Gasteiger partial charge in [0, 0.05) is 19.8 Å². The normalized spacial score (nSPS) is 9.00. The molecule has 0 fully saturated rings. The summed E-state index contributed by atoms with van der Waals surface area (Å²) in [5.41, 5.74) is 0. The summed E-state index contributed by atoms with van der Waals surface area (Å²) in [6, 6.07) is 0. The smallest absolute Gasteiger partial charge is 0.376 e. The van der Waals surface area contributed by atoms with Crippen LogP contribution in [-0.2, 0) is 13.3 Å². The first kappa shape index (κ1) is 18.8. The fraction of sp³-hybridized carbons (Fsp3) is 0.857. The van der Waals surface area contributed by atoms with E-state index in [4.69, 9.17) is 13.3 Å². The third kappa shape index (κ3) is 11.1. The van der Waals surface area contributed by atoms with Gasteiger partial charge in [-0.1, -0.05) is 0 Å². The van der Waals surface area contributed by atoms with Crippen LogP contribution in [-0.4, -0.2) is 29.3 Å². The number of hydrogen-bond acceptors (Lipinski definition) is 3. The molecule has 0 rings (SSSR count). The van der Waals surface area contributed by atoms with E-state index in [1.807, 2.05) is 20.8 Å². The van der Waals surface area contributed by atoms with Gasteiger partial charge in [-0.15, -0.1) is 0 Å². The van der Waals surface area contributed by atoms with Gasteiger partial charge in [0.1, 0.15) is 0 Å². The first-order valence-corrected chi connectivity index (χ1v) is 5.11. The molecule has 0 aromatic carbocycles. The van der Waals surface area contributed by atoms with E-state index in [9.17, 15) is 0 Å². The summed E-state index contributed by atoms with van der Waals surface area (Å²) in [4.78, 5) is 0. The standard InChI is InChI=1S/C6H16O3Si.CH3.Na/c1-4-7-10(8-5-2)9-6-3;;/h10H,4-6H2,1-3H3;1H3;/q;-1;+1. The van der Waals surface area contributed by atoms with Crippen LogP contribution in [0.15, 0.2) is 0 Å². The zero-order valence-electron chi connectivity index (χ0n) is 8.92. The Morgan fingerprint density at radius 1 is 0.833 bits per heavy atom. The molecule has 0 aliphatic rings. The van der Waals surface area contributed by atoms with Crippen LogP contribution in [0, 0.1) is 7.43 Å².